The van der Waals surface area contributed by atoms with Crippen LogP contribution in [0, 0.1) is 0 Å². The molecule has 9 rings (SSSR count). The molecule has 8 aromatic rings. The zero-order chi connectivity index (χ0) is 36.9. The summed E-state index contributed by atoms with van der Waals surface area (Å²) in [6, 6.07) is 36.9. The number of fused-ring (bicyclic) bond motifs is 8. The molecule has 0 fully saturated rings. The molecule has 0 atom stereocenters. The minimum absolute atomic E-state index is 0.235. The van der Waals surface area contributed by atoms with Crippen molar-refractivity contribution in [1.29, 1.82) is 0 Å². The third kappa shape index (κ3) is 5.87. The quantitative estimate of drug-likeness (QED) is 0.177. The van der Waals surface area contributed by atoms with Crippen molar-refractivity contribution in [3.8, 4) is 0 Å². The second kappa shape index (κ2) is 13.1. The Kier molecular flexibility index (Phi) is 7.89. The fourth-order valence-corrected chi connectivity index (χ4v) is 7.35. The average Bonchev–Trinajstić information content (AvgIpc) is 4.02. The maximum atomic E-state index is 11.8. The van der Waals surface area contributed by atoms with Gasteiger partial charge in [0.1, 0.15) is 21.1 Å². The summed E-state index contributed by atoms with van der Waals surface area (Å²) in [5, 5.41) is 13.5. The predicted molar refractivity (Wildman–Crippen MR) is 204 cm³/mol. The minimum Gasteiger partial charge on any atom is -0.478 e. The smallest absolute Gasteiger partial charge is 0.335 e. The average molecular weight is 709 g/mol. The van der Waals surface area contributed by atoms with Gasteiger partial charge in [0.15, 0.2) is 37.2 Å². The number of nitrogens with one attached hydrogen (secondary N) is 4. The van der Waals surface area contributed by atoms with Crippen LogP contribution >= 0.6 is 0 Å². The Bertz CT molecular complexity index is 2960. The van der Waals surface area contributed by atoms with Gasteiger partial charge in [0.25, 0.3) is 0 Å². The molecule has 8 bridgehead atoms. The fourth-order valence-electron chi connectivity index (χ4n) is 7.35. The summed E-state index contributed by atoms with van der Waals surface area (Å²) in [4.78, 5) is 27.0. The van der Waals surface area contributed by atoms with E-state index in [2.05, 4.69) is 142 Å². The molecule has 54 heavy (non-hydrogen) atoms. The van der Waals surface area contributed by atoms with Crippen molar-refractivity contribution >= 4 is 28.3 Å². The number of aromatic amines is 4. The predicted octanol–water partition coefficient (Wildman–Crippen LogP) is 2.47. The first-order valence-electron chi connectivity index (χ1n) is 17.8. The highest BCUT2D eigenvalue weighted by molar-refractivity contribution is 5.89. The summed E-state index contributed by atoms with van der Waals surface area (Å²) >= 11 is 0. The number of carboxylic acids is 1. The molecular weight excluding hydrogens is 671 g/mol. The number of carboxylic acid groups (broad SMARTS) is 1. The molecule has 0 unspecified atom stereocenters. The van der Waals surface area contributed by atoms with E-state index in [1.807, 2.05) is 47.0 Å². The van der Waals surface area contributed by atoms with E-state index in [9.17, 15) is 9.90 Å². The van der Waals surface area contributed by atoms with Crippen LogP contribution in [0.4, 0.5) is 0 Å². The van der Waals surface area contributed by atoms with Gasteiger partial charge in [-0.2, -0.15) is 0 Å². The standard InChI is InChI=1S/C45H35N7O2/c1-50-22-16-29(17-23-50)42-35-10-8-33(46-35)41(28-4-6-32(7-5-28)45(53)54)34-9-11-36(47-34)43(30-18-24-51(2)25-19-30)38-13-15-40(49-38)44(39-14-12-37(42)48-39)31-20-26-52(3)27-21-31/h4-27H,1-3H3,(H2-,46,47,48,49,53,54)/p+3. The molecule has 7 aromatic heterocycles. The Morgan fingerprint density at radius 2 is 0.667 bits per heavy atom. The Balaban J connectivity index is 1.42. The third-order valence-electron chi connectivity index (χ3n) is 10.1. The van der Waals surface area contributed by atoms with Crippen LogP contribution in [0.25, 0.3) is 22.3 Å². The van der Waals surface area contributed by atoms with Crippen molar-refractivity contribution in [3.05, 3.63) is 218 Å². The zero-order valence-corrected chi connectivity index (χ0v) is 30.1. The molecule has 9 heteroatoms. The van der Waals surface area contributed by atoms with Crippen molar-refractivity contribution in [2.45, 2.75) is 0 Å². The van der Waals surface area contributed by atoms with E-state index in [0.717, 1.165) is 88.7 Å². The number of hydrogen-bond donors (Lipinski definition) is 5. The summed E-state index contributed by atoms with van der Waals surface area (Å²) < 4.78 is 6.10. The number of carbonyl (C=O) groups is 1. The number of pyridine rings is 3. The zero-order valence-electron chi connectivity index (χ0n) is 30.1. The van der Waals surface area contributed by atoms with E-state index >= 15 is 0 Å². The summed E-state index contributed by atoms with van der Waals surface area (Å²) in [6.07, 6.45) is 12.4. The Labute approximate surface area is 310 Å². The van der Waals surface area contributed by atoms with Crippen LogP contribution in [0.5, 0.6) is 0 Å². The summed E-state index contributed by atoms with van der Waals surface area (Å²) in [7, 11) is 6.06. The lowest BCUT2D eigenvalue weighted by molar-refractivity contribution is -0.671. The topological polar surface area (TPSA) is 112 Å². The van der Waals surface area contributed by atoms with E-state index in [0.29, 0.717) is 0 Å². The van der Waals surface area contributed by atoms with Gasteiger partial charge in [-0.15, -0.1) is 0 Å². The molecule has 262 valence electrons. The van der Waals surface area contributed by atoms with Crippen LogP contribution in [-0.4, -0.2) is 31.0 Å². The highest BCUT2D eigenvalue weighted by Crippen LogP contribution is 2.27. The second-order valence-corrected chi connectivity index (χ2v) is 13.8. The van der Waals surface area contributed by atoms with Crippen LogP contribution in [0.3, 0.4) is 0 Å². The molecule has 0 aliphatic carbocycles. The lowest BCUT2D eigenvalue weighted by Gasteiger charge is -2.09. The first-order chi connectivity index (χ1) is 26.3. The number of aryl methyl sites for hydroxylation is 3. The van der Waals surface area contributed by atoms with Gasteiger partial charge in [-0.3, -0.25) is 0 Å². The lowest BCUT2D eigenvalue weighted by atomic mass is 10.0. The van der Waals surface area contributed by atoms with Gasteiger partial charge in [-0.25, -0.2) is 18.5 Å². The highest BCUT2D eigenvalue weighted by atomic mass is 16.4. The number of aromatic nitrogens is 7. The number of hydrogen-bond acceptors (Lipinski definition) is 1. The Hall–Kier alpha value is -7.26. The molecule has 0 saturated carbocycles. The molecular formula is C45H38N7O2+3. The molecule has 0 saturated heterocycles. The first kappa shape index (κ1) is 32.6. The van der Waals surface area contributed by atoms with Crippen molar-refractivity contribution in [1.82, 2.24) is 19.9 Å². The van der Waals surface area contributed by atoms with Gasteiger partial charge in [-0.05, 0) is 82.9 Å². The van der Waals surface area contributed by atoms with Gasteiger partial charge in [0, 0.05) is 103 Å². The van der Waals surface area contributed by atoms with Crippen molar-refractivity contribution in [2.24, 2.45) is 21.1 Å². The molecule has 0 radical (unpaired) electrons. The van der Waals surface area contributed by atoms with Crippen LogP contribution in [0.2, 0.25) is 0 Å². The summed E-state index contributed by atoms with van der Waals surface area (Å²) in [6.45, 7) is 0. The molecule has 0 amide bonds. The summed E-state index contributed by atoms with van der Waals surface area (Å²) in [5.41, 5.74) is 12.1. The first-order valence-corrected chi connectivity index (χ1v) is 17.8. The van der Waals surface area contributed by atoms with E-state index < -0.39 is 5.97 Å². The number of benzene rings is 1. The van der Waals surface area contributed by atoms with E-state index in [1.54, 1.807) is 12.1 Å². The molecule has 1 aliphatic rings. The lowest BCUT2D eigenvalue weighted by Crippen LogP contribution is -2.26. The fraction of sp³-hybridized carbons (Fsp3) is 0.0667. The molecule has 0 spiro atoms. The van der Waals surface area contributed by atoms with Gasteiger partial charge >= 0.3 is 5.97 Å². The molecule has 9 nitrogen and oxygen atoms in total. The van der Waals surface area contributed by atoms with Crippen molar-refractivity contribution in [2.75, 3.05) is 0 Å². The molecule has 5 N–H and O–H groups in total. The van der Waals surface area contributed by atoms with E-state index in [1.165, 1.54) is 0 Å². The maximum Gasteiger partial charge on any atom is 0.335 e. The van der Waals surface area contributed by atoms with E-state index in [-0.39, 0.29) is 5.56 Å². The van der Waals surface area contributed by atoms with Crippen LogP contribution in [0.15, 0.2) is 146 Å². The minimum atomic E-state index is -0.961. The Morgan fingerprint density at radius 1 is 0.389 bits per heavy atom. The second-order valence-electron chi connectivity index (χ2n) is 13.8. The van der Waals surface area contributed by atoms with Crippen LogP contribution in [-0.2, 0) is 21.1 Å². The monoisotopic (exact) mass is 708 g/mol. The number of nitrogens with zero attached hydrogens (tertiary/aromatic N) is 3. The Morgan fingerprint density at radius 3 is 0.944 bits per heavy atom. The number of aromatic carboxylic acids is 1. The highest BCUT2D eigenvalue weighted by Gasteiger charge is 2.19. The molecule has 1 aromatic carbocycles. The SMILES string of the molecule is C[n+]1ccc(C2=c3ccc([nH]3)=C(c3ccc(C(=O)O)cc3)c3ccc([nH]3)C(c3cc[n+](C)cc3)=c3ccc([nH]3)=C(c3cc[n+](C)cc3)c3ccc2[nH]3)cc1. The van der Waals surface area contributed by atoms with Gasteiger partial charge in [-0.1, -0.05) is 12.1 Å². The third-order valence-corrected chi connectivity index (χ3v) is 10.1. The van der Waals surface area contributed by atoms with Crippen molar-refractivity contribution < 1.29 is 23.6 Å². The van der Waals surface area contributed by atoms with Gasteiger partial charge < -0.3 is 25.0 Å². The van der Waals surface area contributed by atoms with Gasteiger partial charge in [0.05, 0.1) is 5.56 Å². The number of rotatable bonds is 5. The van der Waals surface area contributed by atoms with E-state index in [4.69, 9.17) is 0 Å². The maximum absolute atomic E-state index is 11.8. The largest absolute Gasteiger partial charge is 0.478 e. The number of H-pyrrole nitrogens is 4. The molecule has 1 aliphatic heterocycles. The summed E-state index contributed by atoms with van der Waals surface area (Å²) in [5.74, 6) is -0.961. The van der Waals surface area contributed by atoms with Crippen LogP contribution < -0.4 is 35.1 Å². The normalized spacial score (nSPS) is 12.7. The molecule has 8 heterocycles. The van der Waals surface area contributed by atoms with Crippen LogP contribution in [0.1, 0.15) is 55.4 Å². The van der Waals surface area contributed by atoms with Gasteiger partial charge in [0.2, 0.25) is 0 Å². The van der Waals surface area contributed by atoms with Crippen molar-refractivity contribution in [3.63, 3.8) is 0 Å².